The van der Waals surface area contributed by atoms with Crippen LogP contribution >= 0.6 is 0 Å². The molecule has 0 atom stereocenters. The third kappa shape index (κ3) is 3.60. The van der Waals surface area contributed by atoms with Gasteiger partial charge in [-0.2, -0.15) is 0 Å². The minimum absolute atomic E-state index is 0.561. The fraction of sp³-hybridized carbons (Fsp3) is 0.529. The SMILES string of the molecule is CC(C)CNCCc1coc2ccc(C(C)C)cc12. The number of furan rings is 1. The van der Waals surface area contributed by atoms with Crippen LogP contribution in [-0.2, 0) is 6.42 Å². The molecule has 0 amide bonds. The van der Waals surface area contributed by atoms with Gasteiger partial charge in [0, 0.05) is 5.39 Å². The highest BCUT2D eigenvalue weighted by Gasteiger charge is 2.08. The highest BCUT2D eigenvalue weighted by molar-refractivity contribution is 5.81. The van der Waals surface area contributed by atoms with Crippen LogP contribution in [0.2, 0.25) is 0 Å². The largest absolute Gasteiger partial charge is 0.464 e. The van der Waals surface area contributed by atoms with Crippen LogP contribution in [-0.4, -0.2) is 13.1 Å². The molecule has 2 nitrogen and oxygen atoms in total. The van der Waals surface area contributed by atoms with Gasteiger partial charge in [-0.1, -0.05) is 33.8 Å². The molecular weight excluding hydrogens is 234 g/mol. The van der Waals surface area contributed by atoms with E-state index < -0.39 is 0 Å². The Labute approximate surface area is 116 Å². The Bertz CT molecular complexity index is 525. The van der Waals surface area contributed by atoms with Gasteiger partial charge >= 0.3 is 0 Å². The van der Waals surface area contributed by atoms with Crippen LogP contribution in [0.5, 0.6) is 0 Å². The van der Waals surface area contributed by atoms with Crippen LogP contribution in [0.1, 0.15) is 44.7 Å². The Morgan fingerprint density at radius 2 is 1.95 bits per heavy atom. The van der Waals surface area contributed by atoms with Gasteiger partial charge in [0.15, 0.2) is 0 Å². The van der Waals surface area contributed by atoms with Crippen molar-refractivity contribution in [1.29, 1.82) is 0 Å². The van der Waals surface area contributed by atoms with Crippen molar-refractivity contribution in [1.82, 2.24) is 5.32 Å². The van der Waals surface area contributed by atoms with Gasteiger partial charge in [0.1, 0.15) is 5.58 Å². The summed E-state index contributed by atoms with van der Waals surface area (Å²) < 4.78 is 5.63. The van der Waals surface area contributed by atoms with Crippen molar-refractivity contribution in [2.75, 3.05) is 13.1 Å². The number of benzene rings is 1. The van der Waals surface area contributed by atoms with Crippen LogP contribution in [0.25, 0.3) is 11.0 Å². The summed E-state index contributed by atoms with van der Waals surface area (Å²) in [5.74, 6) is 1.26. The highest BCUT2D eigenvalue weighted by atomic mass is 16.3. The van der Waals surface area contributed by atoms with E-state index in [1.165, 1.54) is 16.5 Å². The van der Waals surface area contributed by atoms with Gasteiger partial charge in [-0.15, -0.1) is 0 Å². The second-order valence-corrected chi connectivity index (χ2v) is 6.02. The molecule has 2 rings (SSSR count). The molecule has 0 radical (unpaired) electrons. The third-order valence-electron chi connectivity index (χ3n) is 3.47. The maximum absolute atomic E-state index is 5.63. The molecule has 2 heteroatoms. The topological polar surface area (TPSA) is 25.2 Å². The molecule has 1 aromatic carbocycles. The number of hydrogen-bond acceptors (Lipinski definition) is 2. The summed E-state index contributed by atoms with van der Waals surface area (Å²) in [5.41, 5.74) is 3.70. The van der Waals surface area contributed by atoms with Crippen molar-refractivity contribution in [2.45, 2.75) is 40.0 Å². The zero-order chi connectivity index (χ0) is 13.8. The Morgan fingerprint density at radius 3 is 2.63 bits per heavy atom. The smallest absolute Gasteiger partial charge is 0.134 e. The minimum atomic E-state index is 0.561. The van der Waals surface area contributed by atoms with Crippen LogP contribution in [0.4, 0.5) is 0 Å². The first kappa shape index (κ1) is 14.1. The van der Waals surface area contributed by atoms with Crippen molar-refractivity contribution in [3.05, 3.63) is 35.6 Å². The van der Waals surface area contributed by atoms with Gasteiger partial charge in [0.05, 0.1) is 6.26 Å². The van der Waals surface area contributed by atoms with Crippen molar-refractivity contribution in [3.63, 3.8) is 0 Å². The van der Waals surface area contributed by atoms with Crippen LogP contribution in [0, 0.1) is 5.92 Å². The molecular formula is C17H25NO. The van der Waals surface area contributed by atoms with Gasteiger partial charge in [-0.3, -0.25) is 0 Å². The lowest BCUT2D eigenvalue weighted by Crippen LogP contribution is -2.21. The van der Waals surface area contributed by atoms with E-state index in [9.17, 15) is 0 Å². The van der Waals surface area contributed by atoms with Gasteiger partial charge in [-0.05, 0) is 54.6 Å². The molecule has 0 unspecified atom stereocenters. The molecule has 1 heterocycles. The van der Waals surface area contributed by atoms with E-state index in [1.807, 2.05) is 6.26 Å². The van der Waals surface area contributed by atoms with Crippen LogP contribution in [0.15, 0.2) is 28.9 Å². The fourth-order valence-corrected chi connectivity index (χ4v) is 2.27. The Morgan fingerprint density at radius 1 is 1.16 bits per heavy atom. The van der Waals surface area contributed by atoms with Gasteiger partial charge in [0.25, 0.3) is 0 Å². The molecule has 2 aromatic rings. The molecule has 19 heavy (non-hydrogen) atoms. The molecule has 0 aliphatic heterocycles. The first-order chi connectivity index (χ1) is 9.08. The summed E-state index contributed by atoms with van der Waals surface area (Å²) in [5, 5.41) is 4.76. The highest BCUT2D eigenvalue weighted by Crippen LogP contribution is 2.26. The zero-order valence-corrected chi connectivity index (χ0v) is 12.5. The third-order valence-corrected chi connectivity index (χ3v) is 3.47. The first-order valence-electron chi connectivity index (χ1n) is 7.28. The molecule has 1 aromatic heterocycles. The minimum Gasteiger partial charge on any atom is -0.464 e. The fourth-order valence-electron chi connectivity index (χ4n) is 2.27. The van der Waals surface area contributed by atoms with Crippen molar-refractivity contribution < 1.29 is 4.42 Å². The van der Waals surface area contributed by atoms with E-state index >= 15 is 0 Å². The van der Waals surface area contributed by atoms with E-state index in [0.717, 1.165) is 25.1 Å². The van der Waals surface area contributed by atoms with Gasteiger partial charge < -0.3 is 9.73 Å². The number of hydrogen-bond donors (Lipinski definition) is 1. The molecule has 0 aliphatic carbocycles. The van der Waals surface area contributed by atoms with E-state index in [4.69, 9.17) is 4.42 Å². The monoisotopic (exact) mass is 259 g/mol. The summed E-state index contributed by atoms with van der Waals surface area (Å²) in [6, 6.07) is 6.54. The predicted octanol–water partition coefficient (Wildman–Crippen LogP) is 4.34. The molecule has 1 N–H and O–H groups in total. The van der Waals surface area contributed by atoms with Gasteiger partial charge in [0.2, 0.25) is 0 Å². The predicted molar refractivity (Wildman–Crippen MR) is 81.7 cm³/mol. The summed E-state index contributed by atoms with van der Waals surface area (Å²) >= 11 is 0. The maximum Gasteiger partial charge on any atom is 0.134 e. The quantitative estimate of drug-likeness (QED) is 0.780. The Kier molecular flexibility index (Phi) is 4.65. The molecule has 0 aliphatic rings. The van der Waals surface area contributed by atoms with E-state index in [1.54, 1.807) is 0 Å². The van der Waals surface area contributed by atoms with E-state index in [2.05, 4.69) is 51.2 Å². The summed E-state index contributed by atoms with van der Waals surface area (Å²) in [7, 11) is 0. The Hall–Kier alpha value is -1.28. The van der Waals surface area contributed by atoms with Crippen molar-refractivity contribution in [2.24, 2.45) is 5.92 Å². The lowest BCUT2D eigenvalue weighted by Gasteiger charge is -2.07. The second kappa shape index (κ2) is 6.25. The van der Waals surface area contributed by atoms with E-state index in [0.29, 0.717) is 11.8 Å². The first-order valence-corrected chi connectivity index (χ1v) is 7.28. The number of rotatable bonds is 6. The standard InChI is InChI=1S/C17H25NO/c1-12(2)10-18-8-7-15-11-19-17-6-5-14(13(3)4)9-16(15)17/h5-6,9,11-13,18H,7-8,10H2,1-4H3. The van der Waals surface area contributed by atoms with Crippen molar-refractivity contribution in [3.8, 4) is 0 Å². The lowest BCUT2D eigenvalue weighted by molar-refractivity contribution is 0.552. The lowest BCUT2D eigenvalue weighted by atomic mass is 10.00. The second-order valence-electron chi connectivity index (χ2n) is 6.02. The molecule has 0 fully saturated rings. The van der Waals surface area contributed by atoms with Crippen molar-refractivity contribution >= 4 is 11.0 Å². The van der Waals surface area contributed by atoms with Crippen LogP contribution in [0.3, 0.4) is 0 Å². The molecule has 0 spiro atoms. The number of fused-ring (bicyclic) bond motifs is 1. The van der Waals surface area contributed by atoms with Gasteiger partial charge in [-0.25, -0.2) is 0 Å². The summed E-state index contributed by atoms with van der Waals surface area (Å²) in [4.78, 5) is 0. The zero-order valence-electron chi connectivity index (χ0n) is 12.5. The molecule has 0 saturated heterocycles. The maximum atomic E-state index is 5.63. The Balaban J connectivity index is 2.08. The normalized spacial score (nSPS) is 11.9. The molecule has 0 saturated carbocycles. The van der Waals surface area contributed by atoms with E-state index in [-0.39, 0.29) is 0 Å². The summed E-state index contributed by atoms with van der Waals surface area (Å²) in [6.07, 6.45) is 2.94. The summed E-state index contributed by atoms with van der Waals surface area (Å²) in [6.45, 7) is 11.0. The average molecular weight is 259 g/mol. The average Bonchev–Trinajstić information content (AvgIpc) is 2.76. The number of nitrogens with one attached hydrogen (secondary N) is 1. The molecule has 0 bridgehead atoms. The van der Waals surface area contributed by atoms with Crippen LogP contribution < -0.4 is 5.32 Å². The molecule has 104 valence electrons.